The van der Waals surface area contributed by atoms with Crippen LogP contribution in [0.4, 0.5) is 11.4 Å². The van der Waals surface area contributed by atoms with Gasteiger partial charge in [0.2, 0.25) is 0 Å². The molecule has 7 nitrogen and oxygen atoms in total. The molecule has 4 heterocycles. The lowest BCUT2D eigenvalue weighted by atomic mass is 9.72. The molecule has 2 aliphatic rings. The maximum Gasteiger partial charge on any atom is 0.163 e. The van der Waals surface area contributed by atoms with Crippen LogP contribution in [0.2, 0.25) is 0 Å². The first kappa shape index (κ1) is 53.5. The van der Waals surface area contributed by atoms with Crippen LogP contribution in [0.1, 0.15) is 95.3 Å². The third-order valence-corrected chi connectivity index (χ3v) is 15.4. The highest BCUT2D eigenvalue weighted by Gasteiger charge is 2.38. The van der Waals surface area contributed by atoms with Gasteiger partial charge >= 0.3 is 0 Å². The van der Waals surface area contributed by atoms with E-state index in [0.717, 1.165) is 79.3 Å². The number of para-hydroxylation sites is 1. The predicted octanol–water partition coefficient (Wildman–Crippen LogP) is 18.0. The average Bonchev–Trinajstić information content (AvgIpc) is 4.16. The number of benzene rings is 7. The molecule has 8 heteroatoms. The molecule has 0 unspecified atom stereocenters. The van der Waals surface area contributed by atoms with Crippen molar-refractivity contribution in [2.75, 3.05) is 4.90 Å². The first-order valence-electron chi connectivity index (χ1n) is 27.1. The van der Waals surface area contributed by atoms with Crippen LogP contribution < -0.4 is 4.90 Å². The quantitative estimate of drug-likeness (QED) is 0.0898. The van der Waals surface area contributed by atoms with E-state index in [4.69, 9.17) is 19.9 Å². The third-order valence-electron chi connectivity index (χ3n) is 14.3. The van der Waals surface area contributed by atoms with Gasteiger partial charge in [0, 0.05) is 56.4 Å². The summed E-state index contributed by atoms with van der Waals surface area (Å²) in [6.07, 6.45) is 21.4. The number of hydrogen-bond donors (Lipinski definition) is 0. The highest BCUT2D eigenvalue weighted by molar-refractivity contribution is 7.20. The topological polar surface area (TPSA) is 91.2 Å². The fourth-order valence-electron chi connectivity index (χ4n) is 10.5. The summed E-state index contributed by atoms with van der Waals surface area (Å²) >= 11 is 1.72. The molecule has 0 spiro atoms. The molecule has 10 aromatic rings. The van der Waals surface area contributed by atoms with Crippen LogP contribution in [-0.4, -0.2) is 36.0 Å². The minimum atomic E-state index is -0.223. The van der Waals surface area contributed by atoms with Gasteiger partial charge < -0.3 is 14.9 Å². The van der Waals surface area contributed by atoms with Crippen molar-refractivity contribution < 1.29 is 5.48 Å². The minimum absolute atomic E-state index is 0. The summed E-state index contributed by atoms with van der Waals surface area (Å²) in [5.41, 5.74) is 15.5. The zero-order valence-corrected chi connectivity index (χ0v) is 46.2. The van der Waals surface area contributed by atoms with Crippen LogP contribution in [0.5, 0.6) is 0 Å². The smallest absolute Gasteiger partial charge is 0.163 e. The maximum absolute atomic E-state index is 5.19. The van der Waals surface area contributed by atoms with E-state index in [2.05, 4.69) is 219 Å². The monoisotopic (exact) mass is 1030 g/mol. The number of hydrogen-bond acceptors (Lipinski definition) is 6. The number of unbranched alkanes of at least 4 members (excludes halogenated alkanes) is 2. The van der Waals surface area contributed by atoms with Gasteiger partial charge in [0.15, 0.2) is 11.6 Å². The van der Waals surface area contributed by atoms with Gasteiger partial charge in [-0.1, -0.05) is 207 Å². The Morgan fingerprint density at radius 3 is 1.96 bits per heavy atom. The number of fused-ring (bicyclic) bond motifs is 7. The van der Waals surface area contributed by atoms with Gasteiger partial charge in [-0.05, 0) is 101 Å². The molecule has 1 aliphatic heterocycles. The van der Waals surface area contributed by atoms with Gasteiger partial charge in [-0.3, -0.25) is 0 Å². The summed E-state index contributed by atoms with van der Waals surface area (Å²) in [5.74, 6) is 2.04. The SMILES string of the molecule is C=C(/C=C\CCCC)c1nc2ccc3c4cc(-c5ccc6c(c5)C(C)(C)c5ccccc5N6C5C=CC=CC=C5)ccc4n(-c4ccc(-c5nc(Cc6ccccc6)nc(-c6ccccc6)n5)cc4)c3c2s1.CC.CC.O. The van der Waals surface area contributed by atoms with E-state index in [0.29, 0.717) is 18.1 Å². The molecule has 0 saturated heterocycles. The van der Waals surface area contributed by atoms with Crippen molar-refractivity contribution in [3.05, 3.63) is 240 Å². The Kier molecular flexibility index (Phi) is 16.5. The van der Waals surface area contributed by atoms with E-state index in [1.54, 1.807) is 11.3 Å². The Morgan fingerprint density at radius 2 is 1.25 bits per heavy atom. The third kappa shape index (κ3) is 10.5. The van der Waals surface area contributed by atoms with Crippen molar-refractivity contribution in [1.82, 2.24) is 24.5 Å². The molecular weight excluding hydrogens is 961 g/mol. The number of aromatic nitrogens is 5. The highest BCUT2D eigenvalue weighted by atomic mass is 32.1. The molecule has 0 saturated carbocycles. The average molecular weight is 1030 g/mol. The number of allylic oxidation sites excluding steroid dienone is 7. The Morgan fingerprint density at radius 1 is 0.623 bits per heavy atom. The molecule has 77 heavy (non-hydrogen) atoms. The second-order valence-electron chi connectivity index (χ2n) is 19.3. The molecular formula is C69H68N6OS. The Hall–Kier alpha value is -8.30. The van der Waals surface area contributed by atoms with Gasteiger partial charge in [-0.2, -0.15) is 0 Å². The molecule has 0 atom stereocenters. The maximum atomic E-state index is 5.19. The molecule has 2 N–H and O–H groups in total. The number of anilines is 2. The molecule has 0 bridgehead atoms. The molecule has 0 fully saturated rings. The lowest BCUT2D eigenvalue weighted by Gasteiger charge is -2.44. The second-order valence-corrected chi connectivity index (χ2v) is 20.3. The minimum Gasteiger partial charge on any atom is -0.412 e. The molecule has 3 aromatic heterocycles. The lowest BCUT2D eigenvalue weighted by Crippen LogP contribution is -2.37. The fraction of sp³-hybridized carbons (Fsp3) is 0.188. The predicted molar refractivity (Wildman–Crippen MR) is 329 cm³/mol. The molecule has 386 valence electrons. The van der Waals surface area contributed by atoms with Crippen LogP contribution in [0.3, 0.4) is 0 Å². The number of thiazole rings is 1. The van der Waals surface area contributed by atoms with E-state index in [9.17, 15) is 0 Å². The van der Waals surface area contributed by atoms with E-state index < -0.39 is 0 Å². The van der Waals surface area contributed by atoms with E-state index in [1.165, 1.54) is 44.4 Å². The molecule has 0 radical (unpaired) electrons. The van der Waals surface area contributed by atoms with Crippen LogP contribution in [0.15, 0.2) is 213 Å². The first-order valence-corrected chi connectivity index (χ1v) is 27.9. The van der Waals surface area contributed by atoms with E-state index >= 15 is 0 Å². The molecule has 12 rings (SSSR count). The van der Waals surface area contributed by atoms with Crippen molar-refractivity contribution in [2.45, 2.75) is 85.6 Å². The lowest BCUT2D eigenvalue weighted by molar-refractivity contribution is 0.623. The van der Waals surface area contributed by atoms with Gasteiger partial charge in [-0.25, -0.2) is 19.9 Å². The summed E-state index contributed by atoms with van der Waals surface area (Å²) in [7, 11) is 0. The van der Waals surface area contributed by atoms with Crippen molar-refractivity contribution in [3.8, 4) is 39.6 Å². The number of rotatable bonds is 12. The summed E-state index contributed by atoms with van der Waals surface area (Å²) in [5, 5.41) is 3.30. The molecule has 1 aliphatic carbocycles. The van der Waals surface area contributed by atoms with Crippen molar-refractivity contribution in [2.24, 2.45) is 0 Å². The first-order chi connectivity index (χ1) is 37.3. The fourth-order valence-corrected chi connectivity index (χ4v) is 11.6. The normalized spacial score (nSPS) is 13.4. The van der Waals surface area contributed by atoms with Crippen molar-refractivity contribution in [1.29, 1.82) is 0 Å². The van der Waals surface area contributed by atoms with Crippen molar-refractivity contribution >= 4 is 60.3 Å². The zero-order chi connectivity index (χ0) is 52.8. The largest absolute Gasteiger partial charge is 0.412 e. The Labute approximate surface area is 458 Å². The summed E-state index contributed by atoms with van der Waals surface area (Å²) in [4.78, 5) is 22.8. The zero-order valence-electron chi connectivity index (χ0n) is 45.3. The van der Waals surface area contributed by atoms with Gasteiger partial charge in [0.05, 0.1) is 27.3 Å². The van der Waals surface area contributed by atoms with Crippen LogP contribution >= 0.6 is 11.3 Å². The van der Waals surface area contributed by atoms with Gasteiger partial charge in [0.1, 0.15) is 10.8 Å². The summed E-state index contributed by atoms with van der Waals surface area (Å²) in [6.45, 7) is 19.4. The van der Waals surface area contributed by atoms with Crippen molar-refractivity contribution in [3.63, 3.8) is 0 Å². The van der Waals surface area contributed by atoms with Crippen LogP contribution in [-0.2, 0) is 11.8 Å². The Balaban J connectivity index is 0.00000141. The van der Waals surface area contributed by atoms with Crippen LogP contribution in [0.25, 0.3) is 77.2 Å². The standard InChI is InChI=1S/C65H54N6S.2C2H6.H2O/c1-5-6-7-12-21-43(2)64-66-55-37-36-51-52-41-47(48-33-39-58-54(42-48)65(3,4)53-28-19-20-29-57(53)70(58)49-26-17-8-9-18-27-49)32-38-56(52)71(60(51)61(55)72-64)50-34-30-46(31-35-50)63-68-59(40-44-22-13-10-14-23-44)67-62(69-63)45-24-15-11-16-25-45;2*1-2;/h8-39,41-42,49H,2,5-7,40H2,1,3-4H3;2*1-2H3;1H2/b21-12-;;;. The van der Waals surface area contributed by atoms with Gasteiger partial charge in [0.25, 0.3) is 0 Å². The highest BCUT2D eigenvalue weighted by Crippen LogP contribution is 2.51. The van der Waals surface area contributed by atoms with Gasteiger partial charge in [-0.15, -0.1) is 11.3 Å². The van der Waals surface area contributed by atoms with E-state index in [1.807, 2.05) is 52.0 Å². The summed E-state index contributed by atoms with van der Waals surface area (Å²) in [6, 6.07) is 56.7. The summed E-state index contributed by atoms with van der Waals surface area (Å²) < 4.78 is 3.55. The van der Waals surface area contributed by atoms with Crippen LogP contribution in [0, 0.1) is 0 Å². The number of nitrogens with zero attached hydrogens (tertiary/aromatic N) is 6. The molecule has 7 aromatic carbocycles. The molecule has 0 amide bonds. The Bertz CT molecular complexity index is 3810. The van der Waals surface area contributed by atoms with E-state index in [-0.39, 0.29) is 16.9 Å². The second kappa shape index (κ2) is 23.7.